The van der Waals surface area contributed by atoms with Crippen molar-refractivity contribution in [1.29, 1.82) is 0 Å². The van der Waals surface area contributed by atoms with Crippen LogP contribution >= 0.6 is 0 Å². The Morgan fingerprint density at radius 3 is 1.92 bits per heavy atom. The predicted octanol–water partition coefficient (Wildman–Crippen LogP) is 3.07. The first-order valence-electron chi connectivity index (χ1n) is 4.66. The molecule has 1 nitrogen and oxygen atoms in total. The van der Waals surface area contributed by atoms with E-state index in [9.17, 15) is 5.11 Å². The van der Waals surface area contributed by atoms with Crippen molar-refractivity contribution >= 4 is 0 Å². The fourth-order valence-electron chi connectivity index (χ4n) is 1.25. The Morgan fingerprint density at radius 1 is 1.08 bits per heavy atom. The Labute approximate surface area is 80.4 Å². The third kappa shape index (κ3) is 2.56. The second kappa shape index (κ2) is 3.51. The van der Waals surface area contributed by atoms with Crippen LogP contribution in [0, 0.1) is 12.3 Å². The average molecular weight is 178 g/mol. The van der Waals surface area contributed by atoms with Gasteiger partial charge in [-0.05, 0) is 17.9 Å². The highest BCUT2D eigenvalue weighted by Crippen LogP contribution is 2.32. The van der Waals surface area contributed by atoms with E-state index in [1.54, 1.807) is 0 Å². The van der Waals surface area contributed by atoms with E-state index in [1.165, 1.54) is 5.56 Å². The predicted molar refractivity (Wildman–Crippen MR) is 55.6 cm³/mol. The van der Waals surface area contributed by atoms with Crippen molar-refractivity contribution in [2.24, 2.45) is 5.41 Å². The van der Waals surface area contributed by atoms with E-state index in [1.807, 2.05) is 52.0 Å². The van der Waals surface area contributed by atoms with Crippen LogP contribution in [-0.2, 0) is 0 Å². The maximum absolute atomic E-state index is 9.95. The van der Waals surface area contributed by atoms with Gasteiger partial charge >= 0.3 is 0 Å². The van der Waals surface area contributed by atoms with Crippen LogP contribution in [0.25, 0.3) is 0 Å². The van der Waals surface area contributed by atoms with Gasteiger partial charge in [-0.25, -0.2) is 0 Å². The van der Waals surface area contributed by atoms with E-state index in [-0.39, 0.29) is 11.5 Å². The Balaban J connectivity index is 2.90. The molecule has 72 valence electrons. The first-order chi connectivity index (χ1) is 5.91. The summed E-state index contributed by atoms with van der Waals surface area (Å²) in [5.74, 6) is 0. The first-order valence-corrected chi connectivity index (χ1v) is 4.66. The molecule has 0 saturated carbocycles. The molecule has 0 aromatic heterocycles. The second-order valence-electron chi connectivity index (χ2n) is 4.68. The molecule has 0 heterocycles. The summed E-state index contributed by atoms with van der Waals surface area (Å²) >= 11 is 0. The van der Waals surface area contributed by atoms with Gasteiger partial charge in [0.05, 0.1) is 6.10 Å². The molecule has 0 amide bonds. The Kier molecular flexibility index (Phi) is 2.77. The van der Waals surface area contributed by atoms with Crippen molar-refractivity contribution in [3.8, 4) is 0 Å². The Morgan fingerprint density at radius 2 is 1.54 bits per heavy atom. The SMILES string of the molecule is Cc1ccc([C@@H](O)C(C)(C)C)cc1. The Hall–Kier alpha value is -0.820. The number of aliphatic hydroxyl groups is 1. The minimum atomic E-state index is -0.381. The van der Waals surface area contributed by atoms with Gasteiger partial charge in [-0.3, -0.25) is 0 Å². The van der Waals surface area contributed by atoms with E-state index in [2.05, 4.69) is 0 Å². The van der Waals surface area contributed by atoms with Crippen LogP contribution in [0.4, 0.5) is 0 Å². The van der Waals surface area contributed by atoms with Crippen LogP contribution in [0.3, 0.4) is 0 Å². The van der Waals surface area contributed by atoms with E-state index in [4.69, 9.17) is 0 Å². The molecular weight excluding hydrogens is 160 g/mol. The lowest BCUT2D eigenvalue weighted by atomic mass is 9.85. The molecule has 0 aliphatic heterocycles. The van der Waals surface area contributed by atoms with Crippen LogP contribution in [-0.4, -0.2) is 5.11 Å². The van der Waals surface area contributed by atoms with Crippen LogP contribution in [0.1, 0.15) is 38.0 Å². The molecule has 13 heavy (non-hydrogen) atoms. The van der Waals surface area contributed by atoms with Gasteiger partial charge in [-0.1, -0.05) is 50.6 Å². The van der Waals surface area contributed by atoms with Gasteiger partial charge in [-0.15, -0.1) is 0 Å². The average Bonchev–Trinajstić information content (AvgIpc) is 2.03. The third-order valence-corrected chi connectivity index (χ3v) is 2.21. The van der Waals surface area contributed by atoms with Crippen molar-refractivity contribution < 1.29 is 5.11 Å². The molecule has 0 unspecified atom stereocenters. The van der Waals surface area contributed by atoms with Crippen molar-refractivity contribution in [3.63, 3.8) is 0 Å². The quantitative estimate of drug-likeness (QED) is 0.700. The molecule has 1 aromatic rings. The summed E-state index contributed by atoms with van der Waals surface area (Å²) in [7, 11) is 0. The fourth-order valence-corrected chi connectivity index (χ4v) is 1.25. The zero-order valence-electron chi connectivity index (χ0n) is 8.83. The zero-order valence-corrected chi connectivity index (χ0v) is 8.83. The van der Waals surface area contributed by atoms with Crippen molar-refractivity contribution in [2.75, 3.05) is 0 Å². The second-order valence-corrected chi connectivity index (χ2v) is 4.68. The highest BCUT2D eigenvalue weighted by molar-refractivity contribution is 5.24. The summed E-state index contributed by atoms with van der Waals surface area (Å²) < 4.78 is 0. The molecule has 0 radical (unpaired) electrons. The van der Waals surface area contributed by atoms with E-state index >= 15 is 0 Å². The van der Waals surface area contributed by atoms with E-state index in [0.29, 0.717) is 0 Å². The van der Waals surface area contributed by atoms with Gasteiger partial charge in [0, 0.05) is 0 Å². The highest BCUT2D eigenvalue weighted by atomic mass is 16.3. The molecule has 0 saturated heterocycles. The van der Waals surface area contributed by atoms with Crippen LogP contribution in [0.2, 0.25) is 0 Å². The van der Waals surface area contributed by atoms with E-state index < -0.39 is 0 Å². The molecule has 0 fully saturated rings. The lowest BCUT2D eigenvalue weighted by Gasteiger charge is -2.26. The highest BCUT2D eigenvalue weighted by Gasteiger charge is 2.23. The summed E-state index contributed by atoms with van der Waals surface area (Å²) in [6.07, 6.45) is -0.381. The smallest absolute Gasteiger partial charge is 0.0838 e. The summed E-state index contributed by atoms with van der Waals surface area (Å²) in [5.41, 5.74) is 2.14. The maximum Gasteiger partial charge on any atom is 0.0838 e. The van der Waals surface area contributed by atoms with Gasteiger partial charge in [-0.2, -0.15) is 0 Å². The molecule has 1 heteroatoms. The first kappa shape index (κ1) is 10.3. The lowest BCUT2D eigenvalue weighted by molar-refractivity contribution is 0.0627. The monoisotopic (exact) mass is 178 g/mol. The fraction of sp³-hybridized carbons (Fsp3) is 0.500. The van der Waals surface area contributed by atoms with Gasteiger partial charge in [0.1, 0.15) is 0 Å². The van der Waals surface area contributed by atoms with Crippen LogP contribution in [0.5, 0.6) is 0 Å². The minimum absolute atomic E-state index is 0.0880. The van der Waals surface area contributed by atoms with Gasteiger partial charge in [0.25, 0.3) is 0 Å². The summed E-state index contributed by atoms with van der Waals surface area (Å²) in [4.78, 5) is 0. The third-order valence-electron chi connectivity index (χ3n) is 2.21. The van der Waals surface area contributed by atoms with Crippen LogP contribution < -0.4 is 0 Å². The van der Waals surface area contributed by atoms with Crippen LogP contribution in [0.15, 0.2) is 24.3 Å². The topological polar surface area (TPSA) is 20.2 Å². The molecule has 0 aliphatic rings. The van der Waals surface area contributed by atoms with Crippen molar-refractivity contribution in [3.05, 3.63) is 35.4 Å². The van der Waals surface area contributed by atoms with Gasteiger partial charge in [0.2, 0.25) is 0 Å². The number of aliphatic hydroxyl groups excluding tert-OH is 1. The van der Waals surface area contributed by atoms with Gasteiger partial charge < -0.3 is 5.11 Å². The van der Waals surface area contributed by atoms with Crippen molar-refractivity contribution in [2.45, 2.75) is 33.8 Å². The summed E-state index contributed by atoms with van der Waals surface area (Å²) in [5, 5.41) is 9.95. The molecule has 0 bridgehead atoms. The zero-order chi connectivity index (χ0) is 10.1. The molecule has 0 spiro atoms. The number of benzene rings is 1. The number of hydrogen-bond donors (Lipinski definition) is 1. The molecule has 1 N–H and O–H groups in total. The summed E-state index contributed by atoms with van der Waals surface area (Å²) in [6.45, 7) is 8.17. The normalized spacial score (nSPS) is 14.2. The number of aryl methyl sites for hydroxylation is 1. The molecule has 0 aliphatic carbocycles. The largest absolute Gasteiger partial charge is 0.388 e. The molecule has 1 atom stereocenters. The molecular formula is C12H18O. The summed E-state index contributed by atoms with van der Waals surface area (Å²) in [6, 6.07) is 8.05. The van der Waals surface area contributed by atoms with Crippen molar-refractivity contribution in [1.82, 2.24) is 0 Å². The van der Waals surface area contributed by atoms with Gasteiger partial charge in [0.15, 0.2) is 0 Å². The molecule has 1 rings (SSSR count). The standard InChI is InChI=1S/C12H18O/c1-9-5-7-10(8-6-9)11(13)12(2,3)4/h5-8,11,13H,1-4H3/t11-/m1/s1. The van der Waals surface area contributed by atoms with E-state index in [0.717, 1.165) is 5.56 Å². The maximum atomic E-state index is 9.95. The number of hydrogen-bond acceptors (Lipinski definition) is 1. The minimum Gasteiger partial charge on any atom is -0.388 e. The Bertz CT molecular complexity index is 266. The molecule has 1 aromatic carbocycles. The number of rotatable bonds is 1. The lowest BCUT2D eigenvalue weighted by Crippen LogP contribution is -2.17.